The fraction of sp³-hybridized carbons (Fsp3) is 0. The Bertz CT molecular complexity index is 303. The molecule has 2 N–H and O–H groups in total. The summed E-state index contributed by atoms with van der Waals surface area (Å²) in [6.07, 6.45) is 2.47. The number of anilines is 1. The van der Waals surface area contributed by atoms with Gasteiger partial charge in [-0.15, -0.1) is 0 Å². The first-order chi connectivity index (χ1) is 5.72. The lowest BCUT2D eigenvalue weighted by molar-refractivity contribution is -0.104. The Kier molecular flexibility index (Phi) is 3.05. The number of hydrogen-bond donors (Lipinski definition) is 1. The first-order valence-electron chi connectivity index (χ1n) is 3.40. The van der Waals surface area contributed by atoms with Gasteiger partial charge in [-0.3, -0.25) is 4.79 Å². The molecule has 62 valence electrons. The maximum Gasteiger partial charge on any atom is 0.157 e. The van der Waals surface area contributed by atoms with Gasteiger partial charge in [-0.1, -0.05) is 12.1 Å². The van der Waals surface area contributed by atoms with E-state index >= 15 is 0 Å². The normalized spacial score (nSPS) is 11.2. The zero-order chi connectivity index (χ0) is 8.97. The van der Waals surface area contributed by atoms with Crippen LogP contribution in [0.5, 0.6) is 0 Å². The van der Waals surface area contributed by atoms with E-state index in [1.807, 2.05) is 12.1 Å². The van der Waals surface area contributed by atoms with Gasteiger partial charge in [-0.2, -0.15) is 0 Å². The number of rotatable bonds is 2. The first-order valence-corrected chi connectivity index (χ1v) is 4.19. The number of allylic oxidation sites excluding steroid dienone is 1. The topological polar surface area (TPSA) is 43.1 Å². The minimum atomic E-state index is 0.521. The predicted molar refractivity (Wildman–Crippen MR) is 53.8 cm³/mol. The van der Waals surface area contributed by atoms with Crippen LogP contribution in [0, 0.1) is 0 Å². The molecule has 1 aromatic rings. The zero-order valence-electron chi connectivity index (χ0n) is 6.33. The van der Waals surface area contributed by atoms with Crippen molar-refractivity contribution in [2.45, 2.75) is 0 Å². The van der Waals surface area contributed by atoms with E-state index in [9.17, 15) is 4.79 Å². The van der Waals surface area contributed by atoms with Crippen molar-refractivity contribution in [1.29, 1.82) is 0 Å². The Morgan fingerprint density at radius 2 is 1.92 bits per heavy atom. The van der Waals surface area contributed by atoms with Crippen molar-refractivity contribution in [2.24, 2.45) is 0 Å². The molecule has 0 aliphatic carbocycles. The average Bonchev–Trinajstić information content (AvgIpc) is 2.09. The summed E-state index contributed by atoms with van der Waals surface area (Å²) in [6, 6.07) is 7.27. The molecule has 0 aliphatic rings. The minimum Gasteiger partial charge on any atom is -0.399 e. The molecule has 0 unspecified atom stereocenters. The second-order valence-electron chi connectivity index (χ2n) is 2.31. The number of benzene rings is 1. The third-order valence-corrected chi connectivity index (χ3v) is 1.77. The minimum absolute atomic E-state index is 0.521. The Morgan fingerprint density at radius 1 is 1.33 bits per heavy atom. The Hall–Kier alpha value is -1.09. The lowest BCUT2D eigenvalue weighted by Crippen LogP contribution is -1.83. The summed E-state index contributed by atoms with van der Waals surface area (Å²) in [6.45, 7) is 0. The molecule has 3 heteroatoms. The van der Waals surface area contributed by atoms with Crippen LogP contribution in [0.25, 0.3) is 6.08 Å². The van der Waals surface area contributed by atoms with Crippen LogP contribution >= 0.6 is 15.9 Å². The van der Waals surface area contributed by atoms with Gasteiger partial charge >= 0.3 is 0 Å². The molecule has 0 spiro atoms. The van der Waals surface area contributed by atoms with Crippen LogP contribution in [0.2, 0.25) is 0 Å². The van der Waals surface area contributed by atoms with Crippen molar-refractivity contribution in [1.82, 2.24) is 0 Å². The highest BCUT2D eigenvalue weighted by Crippen LogP contribution is 2.11. The molecule has 0 radical (unpaired) electrons. The van der Waals surface area contributed by atoms with E-state index in [0.29, 0.717) is 4.48 Å². The number of carbonyl (C=O) groups is 1. The lowest BCUT2D eigenvalue weighted by atomic mass is 10.2. The van der Waals surface area contributed by atoms with Gasteiger partial charge in [0.1, 0.15) is 0 Å². The second kappa shape index (κ2) is 4.07. The second-order valence-corrected chi connectivity index (χ2v) is 3.23. The number of carbonyl (C=O) groups excluding carboxylic acids is 1. The molecule has 0 aromatic heterocycles. The van der Waals surface area contributed by atoms with Crippen LogP contribution in [-0.4, -0.2) is 6.29 Å². The van der Waals surface area contributed by atoms with E-state index in [1.54, 1.807) is 18.2 Å². The SMILES string of the molecule is Nc1ccc(/C=C(/Br)C=O)cc1. The van der Waals surface area contributed by atoms with Gasteiger partial charge in [0.2, 0.25) is 0 Å². The summed E-state index contributed by atoms with van der Waals surface area (Å²) in [5.41, 5.74) is 7.15. The highest BCUT2D eigenvalue weighted by molar-refractivity contribution is 9.12. The number of nitrogens with two attached hydrogens (primary N) is 1. The summed E-state index contributed by atoms with van der Waals surface area (Å²) in [5, 5.41) is 0. The van der Waals surface area contributed by atoms with Crippen molar-refractivity contribution < 1.29 is 4.79 Å². The maximum absolute atomic E-state index is 10.2. The van der Waals surface area contributed by atoms with Gasteiger partial charge in [0.05, 0.1) is 4.48 Å². The third-order valence-electron chi connectivity index (χ3n) is 1.35. The standard InChI is InChI=1S/C9H8BrNO/c10-8(6-12)5-7-1-3-9(11)4-2-7/h1-6H,11H2/b8-5+. The molecule has 12 heavy (non-hydrogen) atoms. The summed E-state index contributed by atoms with van der Waals surface area (Å²) in [4.78, 5) is 10.2. The van der Waals surface area contributed by atoms with Crippen LogP contribution in [0.15, 0.2) is 28.7 Å². The molecule has 0 aliphatic heterocycles. The molecule has 0 atom stereocenters. The van der Waals surface area contributed by atoms with Crippen LogP contribution < -0.4 is 5.73 Å². The fourth-order valence-corrected chi connectivity index (χ4v) is 1.05. The molecule has 0 fully saturated rings. The first kappa shape index (κ1) is 9.00. The van der Waals surface area contributed by atoms with Crippen LogP contribution in [0.1, 0.15) is 5.56 Å². The molecule has 0 amide bonds. The molecular weight excluding hydrogens is 218 g/mol. The van der Waals surface area contributed by atoms with Crippen LogP contribution in [0.3, 0.4) is 0 Å². The van der Waals surface area contributed by atoms with E-state index in [2.05, 4.69) is 15.9 Å². The molecule has 1 aromatic carbocycles. The number of nitrogen functional groups attached to an aromatic ring is 1. The van der Waals surface area contributed by atoms with Crippen molar-refractivity contribution >= 4 is 34.0 Å². The summed E-state index contributed by atoms with van der Waals surface area (Å²) in [5.74, 6) is 0. The summed E-state index contributed by atoms with van der Waals surface area (Å²) >= 11 is 3.09. The van der Waals surface area contributed by atoms with Gasteiger partial charge in [0.25, 0.3) is 0 Å². The average molecular weight is 226 g/mol. The van der Waals surface area contributed by atoms with Crippen LogP contribution in [-0.2, 0) is 4.79 Å². The maximum atomic E-state index is 10.2. The summed E-state index contributed by atoms with van der Waals surface area (Å²) < 4.78 is 0.521. The molecule has 1 rings (SSSR count). The predicted octanol–water partition coefficient (Wildman–Crippen LogP) is 2.20. The van der Waals surface area contributed by atoms with Gasteiger partial charge in [0, 0.05) is 5.69 Å². The Morgan fingerprint density at radius 3 is 2.42 bits per heavy atom. The Balaban J connectivity index is 2.91. The number of halogens is 1. The quantitative estimate of drug-likeness (QED) is 0.477. The van der Waals surface area contributed by atoms with Crippen molar-refractivity contribution in [3.8, 4) is 0 Å². The highest BCUT2D eigenvalue weighted by Gasteiger charge is 1.90. The molecule has 0 heterocycles. The lowest BCUT2D eigenvalue weighted by Gasteiger charge is -1.94. The number of hydrogen-bond acceptors (Lipinski definition) is 2. The van der Waals surface area contributed by atoms with E-state index in [-0.39, 0.29) is 0 Å². The van der Waals surface area contributed by atoms with E-state index in [4.69, 9.17) is 5.73 Å². The molecule has 0 saturated carbocycles. The monoisotopic (exact) mass is 225 g/mol. The van der Waals surface area contributed by atoms with Crippen molar-refractivity contribution in [3.05, 3.63) is 34.3 Å². The summed E-state index contributed by atoms with van der Waals surface area (Å²) in [7, 11) is 0. The van der Waals surface area contributed by atoms with E-state index in [0.717, 1.165) is 17.5 Å². The van der Waals surface area contributed by atoms with Gasteiger partial charge in [-0.05, 0) is 39.7 Å². The molecular formula is C9H8BrNO. The zero-order valence-corrected chi connectivity index (χ0v) is 7.91. The molecule has 2 nitrogen and oxygen atoms in total. The van der Waals surface area contributed by atoms with Gasteiger partial charge in [0.15, 0.2) is 6.29 Å². The largest absolute Gasteiger partial charge is 0.399 e. The van der Waals surface area contributed by atoms with Crippen molar-refractivity contribution in [3.63, 3.8) is 0 Å². The number of aldehydes is 1. The van der Waals surface area contributed by atoms with E-state index < -0.39 is 0 Å². The Labute approximate surface area is 79.2 Å². The fourth-order valence-electron chi connectivity index (χ4n) is 0.785. The third kappa shape index (κ3) is 2.51. The van der Waals surface area contributed by atoms with Crippen LogP contribution in [0.4, 0.5) is 5.69 Å². The smallest absolute Gasteiger partial charge is 0.157 e. The van der Waals surface area contributed by atoms with Gasteiger partial charge in [-0.25, -0.2) is 0 Å². The highest BCUT2D eigenvalue weighted by atomic mass is 79.9. The van der Waals surface area contributed by atoms with Crippen molar-refractivity contribution in [2.75, 3.05) is 5.73 Å². The van der Waals surface area contributed by atoms with E-state index in [1.165, 1.54) is 0 Å². The molecule has 0 bridgehead atoms. The molecule has 0 saturated heterocycles. The van der Waals surface area contributed by atoms with Gasteiger partial charge < -0.3 is 5.73 Å².